The maximum absolute atomic E-state index is 14.6. The summed E-state index contributed by atoms with van der Waals surface area (Å²) in [6.07, 6.45) is 3.67. The van der Waals surface area contributed by atoms with E-state index in [0.717, 1.165) is 32.6 Å². The smallest absolute Gasteiger partial charge is 0.199 e. The molecule has 3 aromatic rings. The lowest BCUT2D eigenvalue weighted by Gasteiger charge is -2.38. The Morgan fingerprint density at radius 1 is 1.19 bits per heavy atom. The molecule has 5 rings (SSSR count). The highest BCUT2D eigenvalue weighted by Gasteiger charge is 2.32. The first kappa shape index (κ1) is 15.4. The molecule has 0 radical (unpaired) electrons. The summed E-state index contributed by atoms with van der Waals surface area (Å²) in [4.78, 5) is 13.2. The van der Waals surface area contributed by atoms with Crippen LogP contribution in [-0.4, -0.2) is 56.7 Å². The number of nitriles is 1. The molecule has 132 valence electrons. The van der Waals surface area contributed by atoms with Gasteiger partial charge in [0.15, 0.2) is 23.1 Å². The zero-order valence-corrected chi connectivity index (χ0v) is 13.9. The molecular formula is C17H15F2N7. The highest BCUT2D eigenvalue weighted by molar-refractivity contribution is 5.84. The molecule has 0 saturated carbocycles. The number of halogens is 2. The molecule has 0 N–H and O–H groups in total. The fraction of sp³-hybridized carbons (Fsp3) is 0.412. The lowest BCUT2D eigenvalue weighted by Crippen LogP contribution is -2.50. The first-order chi connectivity index (χ1) is 12.7. The number of hydrogen-bond donors (Lipinski definition) is 0. The normalized spacial score (nSPS) is 20.7. The first-order valence-electron chi connectivity index (χ1n) is 8.58. The third-order valence-electron chi connectivity index (χ3n) is 5.36. The quantitative estimate of drug-likeness (QED) is 0.662. The van der Waals surface area contributed by atoms with E-state index in [1.54, 1.807) is 6.07 Å². The Morgan fingerprint density at radius 2 is 2.08 bits per heavy atom. The number of aromatic nitrogens is 4. The number of piperazine rings is 1. The predicted octanol–water partition coefficient (Wildman–Crippen LogP) is 1.71. The Kier molecular flexibility index (Phi) is 3.30. The average Bonchev–Trinajstić information content (AvgIpc) is 3.32. The predicted molar refractivity (Wildman–Crippen MR) is 89.7 cm³/mol. The largest absolute Gasteiger partial charge is 0.351 e. The van der Waals surface area contributed by atoms with Crippen molar-refractivity contribution in [3.8, 4) is 6.07 Å². The molecule has 0 spiro atoms. The maximum Gasteiger partial charge on any atom is 0.199 e. The van der Waals surface area contributed by atoms with Crippen LogP contribution in [0.4, 0.5) is 14.6 Å². The third-order valence-corrected chi connectivity index (χ3v) is 5.36. The molecule has 0 aliphatic carbocycles. The minimum Gasteiger partial charge on any atom is -0.351 e. The second kappa shape index (κ2) is 5.57. The van der Waals surface area contributed by atoms with Crippen molar-refractivity contribution in [2.75, 3.05) is 31.1 Å². The lowest BCUT2D eigenvalue weighted by molar-refractivity contribution is 0.230. The topological polar surface area (TPSA) is 73.3 Å². The first-order valence-corrected chi connectivity index (χ1v) is 8.58. The van der Waals surface area contributed by atoms with Crippen LogP contribution in [0.3, 0.4) is 0 Å². The van der Waals surface area contributed by atoms with Gasteiger partial charge in [0.2, 0.25) is 0 Å². The van der Waals surface area contributed by atoms with E-state index in [1.165, 1.54) is 23.3 Å². The van der Waals surface area contributed by atoms with Crippen molar-refractivity contribution >= 4 is 22.5 Å². The molecule has 2 fully saturated rings. The summed E-state index contributed by atoms with van der Waals surface area (Å²) in [6.45, 7) is 3.55. The Morgan fingerprint density at radius 3 is 2.92 bits per heavy atom. The number of nitrogens with zero attached hydrogens (tertiary/aromatic N) is 7. The molecule has 0 bridgehead atoms. The minimum atomic E-state index is -1.18. The molecule has 2 aliphatic heterocycles. The fourth-order valence-corrected chi connectivity index (χ4v) is 4.07. The van der Waals surface area contributed by atoms with Crippen molar-refractivity contribution in [1.82, 2.24) is 24.5 Å². The molecule has 0 amide bonds. The Hall–Kier alpha value is -2.86. The van der Waals surface area contributed by atoms with Gasteiger partial charge in [-0.25, -0.2) is 23.3 Å². The van der Waals surface area contributed by atoms with Gasteiger partial charge in [0, 0.05) is 25.7 Å². The van der Waals surface area contributed by atoms with E-state index in [4.69, 9.17) is 5.26 Å². The van der Waals surface area contributed by atoms with Gasteiger partial charge in [-0.1, -0.05) is 0 Å². The SMILES string of the molecule is N#Cc1cc2c(nc(N3CCN4CCCC4C3)c3ncnn32)c(F)c1F. The fourth-order valence-electron chi connectivity index (χ4n) is 4.07. The summed E-state index contributed by atoms with van der Waals surface area (Å²) in [7, 11) is 0. The van der Waals surface area contributed by atoms with Gasteiger partial charge in [-0.15, -0.1) is 0 Å². The van der Waals surface area contributed by atoms with Crippen LogP contribution in [0, 0.1) is 23.0 Å². The highest BCUT2D eigenvalue weighted by atomic mass is 19.2. The van der Waals surface area contributed by atoms with Crippen LogP contribution in [-0.2, 0) is 0 Å². The molecule has 4 heterocycles. The van der Waals surface area contributed by atoms with Gasteiger partial charge < -0.3 is 4.90 Å². The molecule has 1 atom stereocenters. The molecular weight excluding hydrogens is 340 g/mol. The highest BCUT2D eigenvalue weighted by Crippen LogP contribution is 2.30. The minimum absolute atomic E-state index is 0.136. The van der Waals surface area contributed by atoms with Crippen LogP contribution in [0.15, 0.2) is 12.4 Å². The van der Waals surface area contributed by atoms with Crippen LogP contribution >= 0.6 is 0 Å². The second-order valence-electron chi connectivity index (χ2n) is 6.74. The van der Waals surface area contributed by atoms with Crippen LogP contribution in [0.1, 0.15) is 18.4 Å². The maximum atomic E-state index is 14.6. The average molecular weight is 355 g/mol. The van der Waals surface area contributed by atoms with Gasteiger partial charge >= 0.3 is 0 Å². The van der Waals surface area contributed by atoms with E-state index in [0.29, 0.717) is 17.5 Å². The molecule has 2 saturated heterocycles. The van der Waals surface area contributed by atoms with E-state index < -0.39 is 11.6 Å². The van der Waals surface area contributed by atoms with Crippen molar-refractivity contribution in [1.29, 1.82) is 5.26 Å². The number of hydrogen-bond acceptors (Lipinski definition) is 6. The Bertz CT molecular complexity index is 1070. The van der Waals surface area contributed by atoms with E-state index in [2.05, 4.69) is 24.9 Å². The third kappa shape index (κ3) is 2.08. The van der Waals surface area contributed by atoms with Crippen molar-refractivity contribution in [2.24, 2.45) is 0 Å². The second-order valence-corrected chi connectivity index (χ2v) is 6.74. The van der Waals surface area contributed by atoms with Gasteiger partial charge in [-0.3, -0.25) is 4.90 Å². The van der Waals surface area contributed by atoms with Crippen LogP contribution in [0.5, 0.6) is 0 Å². The van der Waals surface area contributed by atoms with Crippen LogP contribution in [0.25, 0.3) is 16.7 Å². The van der Waals surface area contributed by atoms with Crippen molar-refractivity contribution < 1.29 is 8.78 Å². The Labute approximate surface area is 147 Å². The summed E-state index contributed by atoms with van der Waals surface area (Å²) in [5, 5.41) is 13.2. The molecule has 9 heteroatoms. The van der Waals surface area contributed by atoms with Crippen LogP contribution < -0.4 is 4.90 Å². The van der Waals surface area contributed by atoms with Crippen LogP contribution in [0.2, 0.25) is 0 Å². The zero-order valence-electron chi connectivity index (χ0n) is 13.9. The number of fused-ring (bicyclic) bond motifs is 4. The van der Waals surface area contributed by atoms with Crippen molar-refractivity contribution in [2.45, 2.75) is 18.9 Å². The van der Waals surface area contributed by atoms with Gasteiger partial charge in [0.1, 0.15) is 17.9 Å². The van der Waals surface area contributed by atoms with Crippen molar-refractivity contribution in [3.63, 3.8) is 0 Å². The summed E-state index contributed by atoms with van der Waals surface area (Å²) in [6, 6.07) is 3.38. The number of benzene rings is 1. The summed E-state index contributed by atoms with van der Waals surface area (Å²) in [5.41, 5.74) is 0.208. The summed E-state index contributed by atoms with van der Waals surface area (Å²) in [5.74, 6) is -1.81. The monoisotopic (exact) mass is 355 g/mol. The van der Waals surface area contributed by atoms with E-state index in [9.17, 15) is 8.78 Å². The van der Waals surface area contributed by atoms with Crippen molar-refractivity contribution in [3.05, 3.63) is 29.6 Å². The lowest BCUT2D eigenvalue weighted by atomic mass is 10.1. The zero-order chi connectivity index (χ0) is 17.8. The van der Waals surface area contributed by atoms with E-state index in [1.807, 2.05) is 0 Å². The molecule has 1 unspecified atom stereocenters. The standard InChI is InChI=1S/C17H15F2N7/c18-13-10(7-20)6-12-15(14(13)19)23-17(16-21-9-22-26(12)16)25-5-4-24-3-1-2-11(24)8-25/h6,9,11H,1-5,8H2. The summed E-state index contributed by atoms with van der Waals surface area (Å²) < 4.78 is 30.1. The van der Waals surface area contributed by atoms with E-state index >= 15 is 0 Å². The molecule has 7 nitrogen and oxygen atoms in total. The molecule has 2 aromatic heterocycles. The van der Waals surface area contributed by atoms with Gasteiger partial charge in [-0.2, -0.15) is 10.4 Å². The number of rotatable bonds is 1. The van der Waals surface area contributed by atoms with Gasteiger partial charge in [-0.05, 0) is 25.5 Å². The summed E-state index contributed by atoms with van der Waals surface area (Å²) >= 11 is 0. The van der Waals surface area contributed by atoms with Gasteiger partial charge in [0.25, 0.3) is 0 Å². The molecule has 1 aromatic carbocycles. The van der Waals surface area contributed by atoms with E-state index in [-0.39, 0.29) is 16.6 Å². The molecule has 26 heavy (non-hydrogen) atoms. The Balaban J connectivity index is 1.71. The number of anilines is 1. The molecule has 2 aliphatic rings. The van der Waals surface area contributed by atoms with Gasteiger partial charge in [0.05, 0.1) is 11.1 Å².